The Hall–Kier alpha value is -2.83. The van der Waals surface area contributed by atoms with Gasteiger partial charge in [0.1, 0.15) is 11.6 Å². The number of carbonyl (C=O) groups excluding carboxylic acids is 1. The number of amides is 1. The number of anilines is 1. The van der Waals surface area contributed by atoms with Crippen molar-refractivity contribution in [3.63, 3.8) is 0 Å². The van der Waals surface area contributed by atoms with E-state index in [1.54, 1.807) is 30.3 Å². The predicted octanol–water partition coefficient (Wildman–Crippen LogP) is 4.83. The molecule has 0 aromatic heterocycles. The summed E-state index contributed by atoms with van der Waals surface area (Å²) >= 11 is 6.00. The number of para-hydroxylation sites is 1. The number of carbonyl (C=O) groups is 1. The molecule has 1 amide bonds. The highest BCUT2D eigenvalue weighted by Crippen LogP contribution is 2.21. The lowest BCUT2D eigenvalue weighted by Gasteiger charge is -2.06. The Morgan fingerprint density at radius 1 is 1.13 bits per heavy atom. The van der Waals surface area contributed by atoms with E-state index in [0.717, 1.165) is 11.1 Å². The normalized spacial score (nSPS) is 11.7. The van der Waals surface area contributed by atoms with Crippen molar-refractivity contribution in [2.75, 3.05) is 5.32 Å². The zero-order valence-electron chi connectivity index (χ0n) is 12.6. The minimum Gasteiger partial charge on any atom is -0.320 e. The predicted molar refractivity (Wildman–Crippen MR) is 93.9 cm³/mol. The Kier molecular flexibility index (Phi) is 5.74. The van der Waals surface area contributed by atoms with Gasteiger partial charge in [-0.2, -0.15) is 5.26 Å². The van der Waals surface area contributed by atoms with Crippen LogP contribution < -0.4 is 5.32 Å². The third-order valence-electron chi connectivity index (χ3n) is 3.05. The Bertz CT molecular complexity index is 802. The van der Waals surface area contributed by atoms with Crippen LogP contribution in [0.25, 0.3) is 6.08 Å². The first-order valence-electron chi connectivity index (χ1n) is 7.01. The average Bonchev–Trinajstić information content (AvgIpc) is 2.55. The number of nitrogens with zero attached hydrogens (tertiary/aromatic N) is 1. The first-order valence-corrected chi connectivity index (χ1v) is 7.39. The van der Waals surface area contributed by atoms with E-state index in [1.807, 2.05) is 49.4 Å². The van der Waals surface area contributed by atoms with E-state index >= 15 is 0 Å². The van der Waals surface area contributed by atoms with Gasteiger partial charge in [-0.05, 0) is 36.3 Å². The number of nitrogens with one attached hydrogen (secondary N) is 1. The second-order valence-corrected chi connectivity index (χ2v) is 5.31. The summed E-state index contributed by atoms with van der Waals surface area (Å²) in [6.45, 7) is 1.84. The highest BCUT2D eigenvalue weighted by atomic mass is 35.5. The molecule has 0 fully saturated rings. The molecule has 0 unspecified atom stereocenters. The second kappa shape index (κ2) is 7.98. The number of nitriles is 1. The molecule has 0 heterocycles. The van der Waals surface area contributed by atoms with Gasteiger partial charge in [-0.25, -0.2) is 0 Å². The fraction of sp³-hybridized carbons (Fsp3) is 0.0526. The molecule has 3 nitrogen and oxygen atoms in total. The molecule has 0 spiro atoms. The van der Waals surface area contributed by atoms with Crippen molar-refractivity contribution < 1.29 is 4.79 Å². The van der Waals surface area contributed by atoms with Gasteiger partial charge in [0, 0.05) is 0 Å². The smallest absolute Gasteiger partial charge is 0.266 e. The Morgan fingerprint density at radius 3 is 2.43 bits per heavy atom. The van der Waals surface area contributed by atoms with Gasteiger partial charge < -0.3 is 5.32 Å². The van der Waals surface area contributed by atoms with Crippen molar-refractivity contribution in [2.24, 2.45) is 0 Å². The van der Waals surface area contributed by atoms with Gasteiger partial charge in [0.15, 0.2) is 0 Å². The fourth-order valence-electron chi connectivity index (χ4n) is 1.98. The molecule has 0 aliphatic rings. The lowest BCUT2D eigenvalue weighted by molar-refractivity contribution is -0.112. The summed E-state index contributed by atoms with van der Waals surface area (Å²) in [4.78, 5) is 12.2. The van der Waals surface area contributed by atoms with Crippen molar-refractivity contribution in [3.8, 4) is 6.07 Å². The number of hydrogen-bond donors (Lipinski definition) is 1. The van der Waals surface area contributed by atoms with Gasteiger partial charge in [-0.15, -0.1) is 0 Å². The van der Waals surface area contributed by atoms with Crippen molar-refractivity contribution >= 4 is 29.3 Å². The molecular weight excluding hydrogens is 308 g/mol. The molecule has 0 radical (unpaired) electrons. The zero-order chi connectivity index (χ0) is 16.7. The van der Waals surface area contributed by atoms with Crippen LogP contribution in [0.2, 0.25) is 5.02 Å². The van der Waals surface area contributed by atoms with Crippen LogP contribution in [0.1, 0.15) is 12.5 Å². The van der Waals surface area contributed by atoms with Crippen LogP contribution in [0.4, 0.5) is 5.69 Å². The van der Waals surface area contributed by atoms with Gasteiger partial charge in [-0.3, -0.25) is 4.79 Å². The highest BCUT2D eigenvalue weighted by molar-refractivity contribution is 6.34. The third-order valence-corrected chi connectivity index (χ3v) is 3.38. The van der Waals surface area contributed by atoms with Gasteiger partial charge in [0.2, 0.25) is 0 Å². The summed E-state index contributed by atoms with van der Waals surface area (Å²) in [5, 5.41) is 12.3. The van der Waals surface area contributed by atoms with Crippen LogP contribution in [-0.4, -0.2) is 5.91 Å². The molecule has 23 heavy (non-hydrogen) atoms. The molecule has 0 aliphatic heterocycles. The molecule has 0 aliphatic carbocycles. The van der Waals surface area contributed by atoms with E-state index in [0.29, 0.717) is 10.7 Å². The Morgan fingerprint density at radius 2 is 1.78 bits per heavy atom. The summed E-state index contributed by atoms with van der Waals surface area (Å²) in [7, 11) is 0. The number of allylic oxidation sites excluding steroid dienone is 2. The lowest BCUT2D eigenvalue weighted by Crippen LogP contribution is -2.13. The quantitative estimate of drug-likeness (QED) is 0.498. The summed E-state index contributed by atoms with van der Waals surface area (Å²) in [5.41, 5.74) is 2.31. The van der Waals surface area contributed by atoms with Crippen LogP contribution in [0, 0.1) is 11.3 Å². The molecule has 2 aromatic carbocycles. The maximum absolute atomic E-state index is 12.2. The number of halogens is 1. The van der Waals surface area contributed by atoms with E-state index in [4.69, 9.17) is 11.6 Å². The maximum atomic E-state index is 12.2. The van der Waals surface area contributed by atoms with Crippen molar-refractivity contribution in [2.45, 2.75) is 6.92 Å². The highest BCUT2D eigenvalue weighted by Gasteiger charge is 2.10. The number of benzene rings is 2. The standard InChI is InChI=1S/C19H15ClN2O/c1-14(11-15-7-3-2-4-8-15)12-16(13-21)19(23)22-18-10-6-5-9-17(18)20/h2-12H,1H3,(H,22,23)/b14-11+,16-12+. The number of rotatable bonds is 4. The Balaban J connectivity index is 2.19. The van der Waals surface area contributed by atoms with Crippen molar-refractivity contribution in [3.05, 3.63) is 82.4 Å². The van der Waals surface area contributed by atoms with Crippen LogP contribution >= 0.6 is 11.6 Å². The summed E-state index contributed by atoms with van der Waals surface area (Å²) < 4.78 is 0. The molecule has 2 aromatic rings. The minimum absolute atomic E-state index is 0.0228. The van der Waals surface area contributed by atoms with Crippen molar-refractivity contribution in [1.29, 1.82) is 5.26 Å². The van der Waals surface area contributed by atoms with E-state index in [2.05, 4.69) is 5.32 Å². The van der Waals surface area contributed by atoms with Crippen LogP contribution in [-0.2, 0) is 4.79 Å². The molecular formula is C19H15ClN2O. The van der Waals surface area contributed by atoms with Gasteiger partial charge in [0.05, 0.1) is 10.7 Å². The second-order valence-electron chi connectivity index (χ2n) is 4.90. The molecule has 0 atom stereocenters. The molecule has 2 rings (SSSR count). The minimum atomic E-state index is -0.485. The van der Waals surface area contributed by atoms with Crippen LogP contribution in [0.5, 0.6) is 0 Å². The van der Waals surface area contributed by atoms with Crippen molar-refractivity contribution in [1.82, 2.24) is 0 Å². The molecule has 0 saturated carbocycles. The summed E-state index contributed by atoms with van der Waals surface area (Å²) in [6.07, 6.45) is 3.46. The topological polar surface area (TPSA) is 52.9 Å². The largest absolute Gasteiger partial charge is 0.320 e. The Labute approximate surface area is 140 Å². The molecule has 0 bridgehead atoms. The van der Waals surface area contributed by atoms with Gasteiger partial charge >= 0.3 is 0 Å². The van der Waals surface area contributed by atoms with Crippen LogP contribution in [0.15, 0.2) is 71.8 Å². The lowest BCUT2D eigenvalue weighted by atomic mass is 10.1. The van der Waals surface area contributed by atoms with E-state index in [-0.39, 0.29) is 5.57 Å². The summed E-state index contributed by atoms with van der Waals surface area (Å²) in [5.74, 6) is -0.485. The molecule has 1 N–H and O–H groups in total. The zero-order valence-corrected chi connectivity index (χ0v) is 13.3. The molecule has 0 saturated heterocycles. The monoisotopic (exact) mass is 322 g/mol. The first kappa shape index (κ1) is 16.5. The van der Waals surface area contributed by atoms with E-state index in [9.17, 15) is 10.1 Å². The third kappa shape index (κ3) is 4.84. The van der Waals surface area contributed by atoms with Crippen LogP contribution in [0.3, 0.4) is 0 Å². The van der Waals surface area contributed by atoms with E-state index < -0.39 is 5.91 Å². The average molecular weight is 323 g/mol. The van der Waals surface area contributed by atoms with E-state index in [1.165, 1.54) is 0 Å². The maximum Gasteiger partial charge on any atom is 0.266 e. The molecule has 4 heteroatoms. The SMILES string of the molecule is CC(=C\c1ccccc1)/C=C(\C#N)C(=O)Nc1ccccc1Cl. The molecule has 114 valence electrons. The number of hydrogen-bond acceptors (Lipinski definition) is 2. The van der Waals surface area contributed by atoms with Gasteiger partial charge in [0.25, 0.3) is 5.91 Å². The summed E-state index contributed by atoms with van der Waals surface area (Å²) in [6, 6.07) is 18.5. The first-order chi connectivity index (χ1) is 11.1. The fourth-order valence-corrected chi connectivity index (χ4v) is 2.17. The van der Waals surface area contributed by atoms with Gasteiger partial charge in [-0.1, -0.05) is 60.1 Å².